The van der Waals surface area contributed by atoms with Gasteiger partial charge >= 0.3 is 11.9 Å². The van der Waals surface area contributed by atoms with Crippen LogP contribution in [0.3, 0.4) is 0 Å². The molecule has 4 aliphatic carbocycles. The molecule has 5 fully saturated rings. The summed E-state index contributed by atoms with van der Waals surface area (Å²) in [6.07, 6.45) is 19.4. The fraction of sp³-hybridized carbons (Fsp3) is 0.780. The van der Waals surface area contributed by atoms with E-state index in [2.05, 4.69) is 44.3 Å². The summed E-state index contributed by atoms with van der Waals surface area (Å²) >= 11 is 0. The number of carbonyl (C=O) groups excluding carboxylic acids is 3. The van der Waals surface area contributed by atoms with E-state index < -0.39 is 23.1 Å². The average Bonchev–Trinajstić information content (AvgIpc) is 4.10. The van der Waals surface area contributed by atoms with Crippen molar-refractivity contribution in [3.63, 3.8) is 0 Å². The Morgan fingerprint density at radius 1 is 0.910 bits per heavy atom. The van der Waals surface area contributed by atoms with Crippen LogP contribution in [0.15, 0.2) is 24.3 Å². The second-order valence-electron chi connectivity index (χ2n) is 21.3. The number of aromatic nitrogens is 4. The number of fused-ring (bicyclic) bond motifs is 6. The summed E-state index contributed by atoms with van der Waals surface area (Å²) in [5, 5.41) is 39.2. The lowest BCUT2D eigenvalue weighted by Crippen LogP contribution is -2.67. The Labute approximate surface area is 394 Å². The van der Waals surface area contributed by atoms with Crippen LogP contribution in [0.25, 0.3) is 11.2 Å². The highest BCUT2D eigenvalue weighted by molar-refractivity contribution is 5.96. The maximum absolute atomic E-state index is 12.8. The first kappa shape index (κ1) is 49.4. The van der Waals surface area contributed by atoms with Crippen LogP contribution in [0.5, 0.6) is 0 Å². The number of ether oxygens (including phenoxy) is 3. The van der Waals surface area contributed by atoms with E-state index >= 15 is 0 Å². The van der Waals surface area contributed by atoms with Crippen molar-refractivity contribution in [3.05, 3.63) is 24.3 Å². The zero-order valence-corrected chi connectivity index (χ0v) is 40.0. The second kappa shape index (κ2) is 21.3. The number of hydrogen-bond donors (Lipinski definition) is 5. The quantitative estimate of drug-likeness (QED) is 0.0666. The molecule has 0 aromatic carbocycles. The molecule has 8 rings (SSSR count). The number of likely N-dealkylation sites (N-methyl/N-ethyl adjacent to an activating group) is 1. The van der Waals surface area contributed by atoms with Crippen molar-refractivity contribution in [1.82, 2.24) is 29.7 Å². The Morgan fingerprint density at radius 2 is 1.72 bits per heavy atom. The number of amides is 2. The molecule has 67 heavy (non-hydrogen) atoms. The number of cyclic esters (lactones) is 1. The molecule has 2 aliphatic heterocycles. The molecule has 17 heteroatoms. The summed E-state index contributed by atoms with van der Waals surface area (Å²) in [6.45, 7) is 7.41. The normalized spacial score (nSPS) is 33.5. The Kier molecular flexibility index (Phi) is 15.7. The molecule has 11 atom stereocenters. The van der Waals surface area contributed by atoms with E-state index in [9.17, 15) is 29.4 Å². The van der Waals surface area contributed by atoms with Gasteiger partial charge in [-0.3, -0.25) is 19.0 Å². The number of carbonyl (C=O) groups is 4. The van der Waals surface area contributed by atoms with Crippen LogP contribution < -0.4 is 10.6 Å². The summed E-state index contributed by atoms with van der Waals surface area (Å²) in [6, 6.07) is 0. The Balaban J connectivity index is 0.667. The molecule has 2 amide bonds. The number of imidazole rings is 1. The van der Waals surface area contributed by atoms with Crippen LogP contribution in [0.1, 0.15) is 148 Å². The van der Waals surface area contributed by atoms with Crippen molar-refractivity contribution in [3.8, 4) is 0 Å². The number of nitrogens with zero attached hydrogens (tertiary/aromatic N) is 5. The smallest absolute Gasteiger partial charge is 0.331 e. The first-order chi connectivity index (χ1) is 32.2. The van der Waals surface area contributed by atoms with E-state index in [1.54, 1.807) is 12.4 Å². The number of aliphatic hydroxyl groups excluding tert-OH is 1. The molecule has 2 unspecified atom stereocenters. The molecule has 0 spiro atoms. The van der Waals surface area contributed by atoms with Crippen LogP contribution in [0, 0.1) is 34.5 Å². The zero-order chi connectivity index (χ0) is 47.3. The second-order valence-corrected chi connectivity index (χ2v) is 21.3. The van der Waals surface area contributed by atoms with Gasteiger partial charge in [0.1, 0.15) is 19.2 Å². The monoisotopic (exact) mass is 934 g/mol. The SMILES string of the molecule is CN(CCCC(=O)O)C[C@@H]1CC[C@H](n2cnc3c(NC(=O)CCCCCNC(=O)CCCCCO[C@@H]4CC[C@]5(C)C6C[C@@H](O)[C@]7(C)[C@@H](C8=CC(=O)OC8)CC[C@]7(O)C6CC[C@@H]5C4)ncnc32)O1. The number of carboxylic acid groups (broad SMARTS) is 1. The lowest BCUT2D eigenvalue weighted by atomic mass is 9.42. The Bertz CT molecular complexity index is 2120. The predicted octanol–water partition coefficient (Wildman–Crippen LogP) is 6.09. The number of rotatable bonds is 22. The molecular formula is C50H75N7O10. The molecule has 0 bridgehead atoms. The van der Waals surface area contributed by atoms with Gasteiger partial charge in [0, 0.05) is 50.4 Å². The summed E-state index contributed by atoms with van der Waals surface area (Å²) in [5.74, 6) is 0.0154. The maximum Gasteiger partial charge on any atom is 0.331 e. The van der Waals surface area contributed by atoms with E-state index in [4.69, 9.17) is 19.3 Å². The van der Waals surface area contributed by atoms with Crippen molar-refractivity contribution in [2.75, 3.05) is 45.2 Å². The number of aliphatic carboxylic acids is 1. The summed E-state index contributed by atoms with van der Waals surface area (Å²) in [5.41, 5.74) is 0.432. The Hall–Kier alpha value is -4.03. The van der Waals surface area contributed by atoms with Gasteiger partial charge in [-0.05, 0) is 145 Å². The van der Waals surface area contributed by atoms with E-state index in [0.717, 1.165) is 89.0 Å². The lowest BCUT2D eigenvalue weighted by molar-refractivity contribution is -0.245. The molecule has 6 aliphatic rings. The molecule has 1 saturated heterocycles. The van der Waals surface area contributed by atoms with E-state index in [0.29, 0.717) is 87.7 Å². The molecule has 17 nitrogen and oxygen atoms in total. The molecule has 4 saturated carbocycles. The maximum atomic E-state index is 12.8. The third-order valence-electron chi connectivity index (χ3n) is 17.3. The van der Waals surface area contributed by atoms with E-state index in [1.807, 2.05) is 11.6 Å². The van der Waals surface area contributed by atoms with Gasteiger partial charge in [-0.15, -0.1) is 0 Å². The van der Waals surface area contributed by atoms with Crippen LogP contribution in [0.2, 0.25) is 0 Å². The largest absolute Gasteiger partial charge is 0.481 e. The third kappa shape index (κ3) is 10.6. The van der Waals surface area contributed by atoms with Crippen molar-refractivity contribution >= 4 is 40.7 Å². The number of carboxylic acids is 1. The van der Waals surface area contributed by atoms with Crippen LogP contribution in [-0.2, 0) is 33.4 Å². The number of esters is 1. The van der Waals surface area contributed by atoms with Gasteiger partial charge in [-0.2, -0.15) is 0 Å². The molecule has 2 aromatic heterocycles. The topological polar surface area (TPSA) is 228 Å². The molecule has 5 N–H and O–H groups in total. The van der Waals surface area contributed by atoms with Gasteiger partial charge in [0.15, 0.2) is 17.0 Å². The van der Waals surface area contributed by atoms with E-state index in [1.165, 1.54) is 6.33 Å². The van der Waals surface area contributed by atoms with Crippen LogP contribution in [-0.4, -0.2) is 127 Å². The predicted molar refractivity (Wildman–Crippen MR) is 248 cm³/mol. The third-order valence-corrected chi connectivity index (χ3v) is 17.3. The van der Waals surface area contributed by atoms with Gasteiger partial charge in [-0.25, -0.2) is 19.7 Å². The minimum absolute atomic E-state index is 0.0147. The number of aliphatic hydroxyl groups is 2. The number of hydrogen-bond acceptors (Lipinski definition) is 13. The summed E-state index contributed by atoms with van der Waals surface area (Å²) in [7, 11) is 1.97. The minimum atomic E-state index is -0.959. The number of anilines is 1. The Morgan fingerprint density at radius 3 is 2.51 bits per heavy atom. The first-order valence-corrected chi connectivity index (χ1v) is 25.4. The summed E-state index contributed by atoms with van der Waals surface area (Å²) in [4.78, 5) is 63.5. The summed E-state index contributed by atoms with van der Waals surface area (Å²) < 4.78 is 19.9. The molecule has 0 radical (unpaired) electrons. The number of nitrogens with one attached hydrogen (secondary N) is 2. The standard InChI is InChI=1S/C50H75N7O10/c1-48-20-18-34(26-33(48)14-16-37-38(48)27-39(58)49(2)36(19-21-50(37,49)64)32-25-44(63)66-29-32)65-24-9-5-7-11-40(59)51-22-8-4-6-12-41(60)55-46-45-47(53-30-52-46)57(31-54-45)42-17-15-35(67-42)28-56(3)23-10-13-43(61)62/h25,30-31,33-39,42,58,64H,4-24,26-29H2,1-3H3,(H,51,59)(H,61,62)(H,52,53,55,60)/t33-,34-,35+,36-,37?,38?,39-,42-,48+,49+,50+/m1/s1. The highest BCUT2D eigenvalue weighted by Gasteiger charge is 2.70. The van der Waals surface area contributed by atoms with Crippen molar-refractivity contribution < 1.29 is 48.7 Å². The average molecular weight is 934 g/mol. The van der Waals surface area contributed by atoms with E-state index in [-0.39, 0.29) is 72.4 Å². The highest BCUT2D eigenvalue weighted by atomic mass is 16.5. The van der Waals surface area contributed by atoms with Gasteiger partial charge in [0.25, 0.3) is 0 Å². The van der Waals surface area contributed by atoms with Gasteiger partial charge in [-0.1, -0.05) is 26.7 Å². The van der Waals surface area contributed by atoms with Crippen LogP contribution in [0.4, 0.5) is 5.82 Å². The van der Waals surface area contributed by atoms with Crippen molar-refractivity contribution in [2.24, 2.45) is 34.5 Å². The minimum Gasteiger partial charge on any atom is -0.481 e. The molecule has 370 valence electrons. The highest BCUT2D eigenvalue weighted by Crippen LogP contribution is 2.70. The van der Waals surface area contributed by atoms with Crippen molar-refractivity contribution in [1.29, 1.82) is 0 Å². The molecule has 4 heterocycles. The fourth-order valence-corrected chi connectivity index (χ4v) is 13.5. The lowest BCUT2D eigenvalue weighted by Gasteiger charge is -2.65. The van der Waals surface area contributed by atoms with Crippen molar-refractivity contribution in [2.45, 2.75) is 172 Å². The fourth-order valence-electron chi connectivity index (χ4n) is 13.5. The van der Waals surface area contributed by atoms with Gasteiger partial charge in [0.2, 0.25) is 11.8 Å². The molecular weight excluding hydrogens is 859 g/mol. The number of unbranched alkanes of at least 4 members (excludes halogenated alkanes) is 4. The molecule has 2 aromatic rings. The van der Waals surface area contributed by atoms with Crippen LogP contribution >= 0.6 is 0 Å². The zero-order valence-electron chi connectivity index (χ0n) is 40.0. The van der Waals surface area contributed by atoms with Gasteiger partial charge in [0.05, 0.1) is 30.2 Å². The van der Waals surface area contributed by atoms with Gasteiger partial charge < -0.3 is 45.1 Å². The first-order valence-electron chi connectivity index (χ1n) is 25.4.